The summed E-state index contributed by atoms with van der Waals surface area (Å²) >= 11 is 0. The first-order chi connectivity index (χ1) is 12.6. The minimum atomic E-state index is -0.245. The van der Waals surface area contributed by atoms with Crippen LogP contribution >= 0.6 is 0 Å². The number of halogens is 1. The minimum absolute atomic E-state index is 0.0824. The lowest BCUT2D eigenvalue weighted by molar-refractivity contribution is 0.213. The quantitative estimate of drug-likeness (QED) is 0.561. The van der Waals surface area contributed by atoms with Crippen LogP contribution in [0, 0.1) is 5.82 Å². The van der Waals surface area contributed by atoms with E-state index >= 15 is 0 Å². The molecule has 5 nitrogen and oxygen atoms in total. The highest BCUT2D eigenvalue weighted by atomic mass is 19.1. The van der Waals surface area contributed by atoms with Gasteiger partial charge in [0.05, 0.1) is 20.2 Å². The Balaban J connectivity index is 1.90. The zero-order valence-corrected chi connectivity index (χ0v) is 15.5. The van der Waals surface area contributed by atoms with Gasteiger partial charge in [-0.15, -0.1) is 0 Å². The van der Waals surface area contributed by atoms with Crippen LogP contribution in [-0.2, 0) is 6.54 Å². The second-order valence-corrected chi connectivity index (χ2v) is 5.78. The van der Waals surface area contributed by atoms with E-state index in [9.17, 15) is 4.39 Å². The number of guanidine groups is 1. The summed E-state index contributed by atoms with van der Waals surface area (Å²) in [6.45, 7) is 5.77. The standard InChI is InChI=1S/C20H26FN3O2/c1-4-22-20(24-14-16-9-11-17(21)12-10-16)23-13-15(2)26-19-8-6-5-7-18(19)25-3/h5-12,15H,4,13-14H2,1-3H3,(H2,22,23,24). The van der Waals surface area contributed by atoms with E-state index in [1.807, 2.05) is 38.1 Å². The first-order valence-electron chi connectivity index (χ1n) is 8.68. The molecule has 0 saturated heterocycles. The van der Waals surface area contributed by atoms with Crippen LogP contribution in [0.3, 0.4) is 0 Å². The average Bonchev–Trinajstić information content (AvgIpc) is 2.65. The predicted molar refractivity (Wildman–Crippen MR) is 102 cm³/mol. The average molecular weight is 359 g/mol. The molecule has 0 aromatic heterocycles. The summed E-state index contributed by atoms with van der Waals surface area (Å²) in [6, 6.07) is 13.9. The van der Waals surface area contributed by atoms with Crippen molar-refractivity contribution in [2.45, 2.75) is 26.5 Å². The van der Waals surface area contributed by atoms with Crippen LogP contribution in [-0.4, -0.2) is 32.3 Å². The third-order valence-electron chi connectivity index (χ3n) is 3.63. The molecule has 0 fully saturated rings. The molecular formula is C20H26FN3O2. The monoisotopic (exact) mass is 359 g/mol. The highest BCUT2D eigenvalue weighted by Gasteiger charge is 2.09. The molecule has 1 unspecified atom stereocenters. The topological polar surface area (TPSA) is 54.9 Å². The van der Waals surface area contributed by atoms with Gasteiger partial charge in [-0.1, -0.05) is 24.3 Å². The second kappa shape index (κ2) is 10.3. The van der Waals surface area contributed by atoms with Crippen LogP contribution in [0.2, 0.25) is 0 Å². The molecule has 0 radical (unpaired) electrons. The summed E-state index contributed by atoms with van der Waals surface area (Å²) in [5.41, 5.74) is 0.946. The lowest BCUT2D eigenvalue weighted by Gasteiger charge is -2.19. The van der Waals surface area contributed by atoms with Gasteiger partial charge < -0.3 is 20.1 Å². The van der Waals surface area contributed by atoms with E-state index in [1.54, 1.807) is 19.2 Å². The lowest BCUT2D eigenvalue weighted by Crippen LogP contribution is -2.41. The number of nitrogens with zero attached hydrogens (tertiary/aromatic N) is 1. The van der Waals surface area contributed by atoms with Gasteiger partial charge in [0.15, 0.2) is 17.5 Å². The highest BCUT2D eigenvalue weighted by Crippen LogP contribution is 2.26. The summed E-state index contributed by atoms with van der Waals surface area (Å²) in [5, 5.41) is 6.45. The summed E-state index contributed by atoms with van der Waals surface area (Å²) in [7, 11) is 1.62. The smallest absolute Gasteiger partial charge is 0.191 e. The number of methoxy groups -OCH3 is 1. The first-order valence-corrected chi connectivity index (χ1v) is 8.68. The Morgan fingerprint density at radius 3 is 2.42 bits per heavy atom. The van der Waals surface area contributed by atoms with Crippen molar-refractivity contribution in [2.24, 2.45) is 4.99 Å². The molecule has 0 aliphatic heterocycles. The summed E-state index contributed by atoms with van der Waals surface area (Å²) in [6.07, 6.45) is -0.0824. The third-order valence-corrected chi connectivity index (χ3v) is 3.63. The molecule has 6 heteroatoms. The second-order valence-electron chi connectivity index (χ2n) is 5.78. The van der Waals surface area contributed by atoms with Gasteiger partial charge in [-0.25, -0.2) is 9.38 Å². The van der Waals surface area contributed by atoms with Gasteiger partial charge in [-0.3, -0.25) is 0 Å². The van der Waals surface area contributed by atoms with Crippen LogP contribution in [0.5, 0.6) is 11.5 Å². The number of para-hydroxylation sites is 2. The van der Waals surface area contributed by atoms with Crippen LogP contribution in [0.25, 0.3) is 0 Å². The summed E-state index contributed by atoms with van der Waals surface area (Å²) in [5.74, 6) is 1.85. The number of aliphatic imine (C=N–C) groups is 1. The Hall–Kier alpha value is -2.76. The van der Waals surface area contributed by atoms with E-state index in [0.717, 1.165) is 12.1 Å². The van der Waals surface area contributed by atoms with Crippen LogP contribution in [0.4, 0.5) is 4.39 Å². The molecule has 0 aliphatic rings. The Bertz CT molecular complexity index is 704. The molecule has 2 aromatic carbocycles. The normalized spacial score (nSPS) is 12.4. The molecule has 2 aromatic rings. The van der Waals surface area contributed by atoms with Gasteiger partial charge in [-0.05, 0) is 43.7 Å². The largest absolute Gasteiger partial charge is 0.493 e. The maximum Gasteiger partial charge on any atom is 0.191 e. The summed E-state index contributed by atoms with van der Waals surface area (Å²) < 4.78 is 24.2. The van der Waals surface area contributed by atoms with E-state index in [2.05, 4.69) is 15.6 Å². The number of hydrogen-bond donors (Lipinski definition) is 2. The van der Waals surface area contributed by atoms with Crippen molar-refractivity contribution in [3.05, 3.63) is 59.9 Å². The van der Waals surface area contributed by atoms with E-state index in [0.29, 0.717) is 30.5 Å². The number of ether oxygens (including phenoxy) is 2. The zero-order chi connectivity index (χ0) is 18.8. The molecule has 2 N–H and O–H groups in total. The van der Waals surface area contributed by atoms with Crippen molar-refractivity contribution in [2.75, 3.05) is 20.2 Å². The van der Waals surface area contributed by atoms with Crippen molar-refractivity contribution < 1.29 is 13.9 Å². The van der Waals surface area contributed by atoms with E-state index in [4.69, 9.17) is 9.47 Å². The first kappa shape index (κ1) is 19.6. The van der Waals surface area contributed by atoms with Crippen molar-refractivity contribution in [3.63, 3.8) is 0 Å². The molecule has 26 heavy (non-hydrogen) atoms. The van der Waals surface area contributed by atoms with Crippen LogP contribution < -0.4 is 20.1 Å². The van der Waals surface area contributed by atoms with Crippen molar-refractivity contribution >= 4 is 5.96 Å². The molecule has 2 rings (SSSR count). The van der Waals surface area contributed by atoms with Gasteiger partial charge in [0.1, 0.15) is 11.9 Å². The Kier molecular flexibility index (Phi) is 7.74. The minimum Gasteiger partial charge on any atom is -0.493 e. The molecular weight excluding hydrogens is 333 g/mol. The van der Waals surface area contributed by atoms with Crippen molar-refractivity contribution in [1.82, 2.24) is 10.6 Å². The number of rotatable bonds is 8. The number of hydrogen-bond acceptors (Lipinski definition) is 3. The third kappa shape index (κ3) is 6.27. The maximum absolute atomic E-state index is 13.0. The van der Waals surface area contributed by atoms with Gasteiger partial charge in [0, 0.05) is 6.54 Å². The van der Waals surface area contributed by atoms with Gasteiger partial charge in [0.2, 0.25) is 0 Å². The Morgan fingerprint density at radius 1 is 1.08 bits per heavy atom. The zero-order valence-electron chi connectivity index (χ0n) is 15.5. The van der Waals surface area contributed by atoms with Gasteiger partial charge in [0.25, 0.3) is 0 Å². The number of benzene rings is 2. The SMILES string of the molecule is CCNC(=NCc1ccc(F)cc1)NCC(C)Oc1ccccc1OC. The van der Waals surface area contributed by atoms with Crippen LogP contribution in [0.1, 0.15) is 19.4 Å². The molecule has 0 bridgehead atoms. The Morgan fingerprint density at radius 2 is 1.77 bits per heavy atom. The van der Waals surface area contributed by atoms with Gasteiger partial charge >= 0.3 is 0 Å². The Labute approximate surface area is 154 Å². The number of nitrogens with one attached hydrogen (secondary N) is 2. The fourth-order valence-electron chi connectivity index (χ4n) is 2.32. The molecule has 0 heterocycles. The molecule has 140 valence electrons. The molecule has 0 aliphatic carbocycles. The molecule has 0 saturated carbocycles. The van der Waals surface area contributed by atoms with Crippen molar-refractivity contribution in [1.29, 1.82) is 0 Å². The van der Waals surface area contributed by atoms with Gasteiger partial charge in [-0.2, -0.15) is 0 Å². The van der Waals surface area contributed by atoms with E-state index < -0.39 is 0 Å². The fourth-order valence-corrected chi connectivity index (χ4v) is 2.32. The molecule has 0 amide bonds. The van der Waals surface area contributed by atoms with E-state index in [1.165, 1.54) is 12.1 Å². The van der Waals surface area contributed by atoms with Crippen LogP contribution in [0.15, 0.2) is 53.5 Å². The lowest BCUT2D eigenvalue weighted by atomic mass is 10.2. The maximum atomic E-state index is 13.0. The summed E-state index contributed by atoms with van der Waals surface area (Å²) in [4.78, 5) is 4.52. The molecule has 0 spiro atoms. The van der Waals surface area contributed by atoms with Crippen molar-refractivity contribution in [3.8, 4) is 11.5 Å². The fraction of sp³-hybridized carbons (Fsp3) is 0.350. The molecule has 1 atom stereocenters. The van der Waals surface area contributed by atoms with E-state index in [-0.39, 0.29) is 11.9 Å². The predicted octanol–water partition coefficient (Wildman–Crippen LogP) is 3.36. The highest BCUT2D eigenvalue weighted by molar-refractivity contribution is 5.79.